The maximum Gasteiger partial charge on any atom is 0.107 e. The number of thiophene rings is 1. The van der Waals surface area contributed by atoms with Crippen LogP contribution in [0.25, 0.3) is 0 Å². The van der Waals surface area contributed by atoms with Crippen LogP contribution in [0.15, 0.2) is 34.8 Å². The SMILES string of the molecule is CC(C)Cc1ccc(C(C)NCc2cc(Br)c(Cl)s2)cc1. The molecule has 1 N–H and O–H groups in total. The Hall–Kier alpha value is -0.350. The van der Waals surface area contributed by atoms with Crippen molar-refractivity contribution < 1.29 is 0 Å². The molecule has 0 amide bonds. The van der Waals surface area contributed by atoms with Gasteiger partial charge in [-0.05, 0) is 52.4 Å². The molecule has 1 atom stereocenters. The van der Waals surface area contributed by atoms with Crippen molar-refractivity contribution in [3.63, 3.8) is 0 Å². The fraction of sp³-hybridized carbons (Fsp3) is 0.412. The van der Waals surface area contributed by atoms with Gasteiger partial charge >= 0.3 is 0 Å². The van der Waals surface area contributed by atoms with Gasteiger partial charge in [0.1, 0.15) is 4.34 Å². The number of rotatable bonds is 6. The minimum Gasteiger partial charge on any atom is -0.305 e. The zero-order valence-electron chi connectivity index (χ0n) is 12.6. The highest BCUT2D eigenvalue weighted by atomic mass is 79.9. The van der Waals surface area contributed by atoms with Gasteiger partial charge in [-0.15, -0.1) is 11.3 Å². The maximum atomic E-state index is 6.06. The van der Waals surface area contributed by atoms with E-state index in [-0.39, 0.29) is 0 Å². The first kappa shape index (κ1) is 17.0. The largest absolute Gasteiger partial charge is 0.305 e. The average molecular weight is 387 g/mol. The first-order valence-corrected chi connectivity index (χ1v) is 9.20. The van der Waals surface area contributed by atoms with Gasteiger partial charge in [-0.3, -0.25) is 0 Å². The summed E-state index contributed by atoms with van der Waals surface area (Å²) in [6.45, 7) is 7.54. The van der Waals surface area contributed by atoms with E-state index in [0.717, 1.165) is 21.8 Å². The van der Waals surface area contributed by atoms with Crippen molar-refractivity contribution >= 4 is 38.9 Å². The summed E-state index contributed by atoms with van der Waals surface area (Å²) in [5.41, 5.74) is 2.74. The highest BCUT2D eigenvalue weighted by molar-refractivity contribution is 9.10. The van der Waals surface area contributed by atoms with Crippen LogP contribution >= 0.6 is 38.9 Å². The molecule has 1 aromatic heterocycles. The van der Waals surface area contributed by atoms with E-state index >= 15 is 0 Å². The topological polar surface area (TPSA) is 12.0 Å². The van der Waals surface area contributed by atoms with Crippen LogP contribution in [-0.4, -0.2) is 0 Å². The zero-order chi connectivity index (χ0) is 15.4. The van der Waals surface area contributed by atoms with E-state index in [1.54, 1.807) is 11.3 Å². The van der Waals surface area contributed by atoms with Crippen LogP contribution in [0.2, 0.25) is 4.34 Å². The van der Waals surface area contributed by atoms with E-state index < -0.39 is 0 Å². The van der Waals surface area contributed by atoms with Crippen molar-refractivity contribution in [2.45, 2.75) is 39.8 Å². The minimum absolute atomic E-state index is 0.331. The summed E-state index contributed by atoms with van der Waals surface area (Å²) in [5, 5.41) is 3.55. The molecule has 2 rings (SSSR count). The van der Waals surface area contributed by atoms with Crippen molar-refractivity contribution in [2.24, 2.45) is 5.92 Å². The Bertz CT molecular complexity index is 557. The van der Waals surface area contributed by atoms with Crippen LogP contribution < -0.4 is 5.32 Å². The molecular weight excluding hydrogens is 366 g/mol. The molecule has 0 bridgehead atoms. The third-order valence-electron chi connectivity index (χ3n) is 3.40. The molecule has 1 nitrogen and oxygen atoms in total. The van der Waals surface area contributed by atoms with Gasteiger partial charge in [-0.2, -0.15) is 0 Å². The molecule has 1 aromatic carbocycles. The van der Waals surface area contributed by atoms with Crippen LogP contribution in [0.1, 0.15) is 42.8 Å². The fourth-order valence-electron chi connectivity index (χ4n) is 2.26. The number of hydrogen-bond donors (Lipinski definition) is 1. The number of hydrogen-bond acceptors (Lipinski definition) is 2. The second-order valence-electron chi connectivity index (χ2n) is 5.78. The molecule has 21 heavy (non-hydrogen) atoms. The van der Waals surface area contributed by atoms with Crippen molar-refractivity contribution in [1.29, 1.82) is 0 Å². The lowest BCUT2D eigenvalue weighted by Crippen LogP contribution is -2.17. The van der Waals surface area contributed by atoms with E-state index in [4.69, 9.17) is 11.6 Å². The summed E-state index contributed by atoms with van der Waals surface area (Å²) in [4.78, 5) is 1.25. The van der Waals surface area contributed by atoms with Crippen molar-refractivity contribution in [3.05, 3.63) is 55.1 Å². The monoisotopic (exact) mass is 385 g/mol. The molecule has 114 valence electrons. The van der Waals surface area contributed by atoms with Gasteiger partial charge in [-0.1, -0.05) is 49.7 Å². The Balaban J connectivity index is 1.92. The summed E-state index contributed by atoms with van der Waals surface area (Å²) in [5.74, 6) is 0.702. The van der Waals surface area contributed by atoms with Crippen molar-refractivity contribution in [1.82, 2.24) is 5.32 Å². The fourth-order valence-corrected chi connectivity index (χ4v) is 4.01. The highest BCUT2D eigenvalue weighted by Crippen LogP contribution is 2.32. The molecule has 0 aliphatic carbocycles. The van der Waals surface area contributed by atoms with Gasteiger partial charge in [0.05, 0.1) is 0 Å². The molecule has 0 fully saturated rings. The molecule has 0 spiro atoms. The Morgan fingerprint density at radius 1 is 1.19 bits per heavy atom. The van der Waals surface area contributed by atoms with E-state index in [1.807, 2.05) is 0 Å². The lowest BCUT2D eigenvalue weighted by atomic mass is 10.00. The third kappa shape index (κ3) is 5.10. The first-order valence-electron chi connectivity index (χ1n) is 7.21. The van der Waals surface area contributed by atoms with Crippen LogP contribution in [0.5, 0.6) is 0 Å². The number of halogens is 2. The minimum atomic E-state index is 0.331. The van der Waals surface area contributed by atoms with Gasteiger partial charge in [0.2, 0.25) is 0 Å². The Labute approximate surface area is 144 Å². The molecule has 2 aromatic rings. The molecule has 1 unspecified atom stereocenters. The van der Waals surface area contributed by atoms with Gasteiger partial charge in [0, 0.05) is 21.9 Å². The lowest BCUT2D eigenvalue weighted by Gasteiger charge is -2.14. The standard InChI is InChI=1S/C17H21BrClNS/c1-11(2)8-13-4-6-14(7-5-13)12(3)20-10-15-9-16(18)17(19)21-15/h4-7,9,11-12,20H,8,10H2,1-3H3. The summed E-state index contributed by atoms with van der Waals surface area (Å²) < 4.78 is 1.80. The van der Waals surface area contributed by atoms with E-state index in [9.17, 15) is 0 Å². The molecule has 0 saturated carbocycles. The van der Waals surface area contributed by atoms with Crippen LogP contribution in [-0.2, 0) is 13.0 Å². The normalized spacial score (nSPS) is 12.9. The molecular formula is C17H21BrClNS. The Morgan fingerprint density at radius 2 is 1.86 bits per heavy atom. The van der Waals surface area contributed by atoms with E-state index in [2.05, 4.69) is 72.3 Å². The maximum absolute atomic E-state index is 6.06. The molecule has 0 aliphatic rings. The first-order chi connectivity index (χ1) is 9.95. The smallest absolute Gasteiger partial charge is 0.107 e. The summed E-state index contributed by atoms with van der Waals surface area (Å²) in [7, 11) is 0. The quantitative estimate of drug-likeness (QED) is 0.622. The molecule has 4 heteroatoms. The molecule has 0 saturated heterocycles. The predicted octanol–water partition coefficient (Wildman–Crippen LogP) is 6.21. The van der Waals surface area contributed by atoms with Gasteiger partial charge in [0.15, 0.2) is 0 Å². The van der Waals surface area contributed by atoms with E-state index in [1.165, 1.54) is 16.0 Å². The lowest BCUT2D eigenvalue weighted by molar-refractivity contribution is 0.578. The van der Waals surface area contributed by atoms with Crippen molar-refractivity contribution in [3.8, 4) is 0 Å². The zero-order valence-corrected chi connectivity index (χ0v) is 15.8. The van der Waals surface area contributed by atoms with Crippen molar-refractivity contribution in [2.75, 3.05) is 0 Å². The number of nitrogens with one attached hydrogen (secondary N) is 1. The summed E-state index contributed by atoms with van der Waals surface area (Å²) in [6, 6.07) is 11.4. The average Bonchev–Trinajstić information content (AvgIpc) is 2.75. The van der Waals surface area contributed by atoms with Crippen LogP contribution in [0.3, 0.4) is 0 Å². The van der Waals surface area contributed by atoms with Crippen LogP contribution in [0.4, 0.5) is 0 Å². The summed E-state index contributed by atoms with van der Waals surface area (Å²) in [6.07, 6.45) is 1.14. The van der Waals surface area contributed by atoms with Gasteiger partial charge in [0.25, 0.3) is 0 Å². The van der Waals surface area contributed by atoms with Gasteiger partial charge in [-0.25, -0.2) is 0 Å². The number of benzene rings is 1. The Morgan fingerprint density at radius 3 is 2.38 bits per heavy atom. The Kier molecular flexibility index (Phi) is 6.30. The van der Waals surface area contributed by atoms with Crippen LogP contribution in [0, 0.1) is 5.92 Å². The molecule has 1 heterocycles. The predicted molar refractivity (Wildman–Crippen MR) is 97.3 cm³/mol. The second-order valence-corrected chi connectivity index (χ2v) is 8.37. The third-order valence-corrected chi connectivity index (χ3v) is 5.88. The van der Waals surface area contributed by atoms with Gasteiger partial charge < -0.3 is 5.32 Å². The molecule has 0 radical (unpaired) electrons. The second kappa shape index (κ2) is 7.77. The summed E-state index contributed by atoms with van der Waals surface area (Å²) >= 11 is 11.1. The molecule has 0 aliphatic heterocycles. The van der Waals surface area contributed by atoms with E-state index in [0.29, 0.717) is 12.0 Å². The highest BCUT2D eigenvalue weighted by Gasteiger charge is 2.08.